The van der Waals surface area contributed by atoms with E-state index in [2.05, 4.69) is 10.2 Å². The molecule has 2 aliphatic heterocycles. The molecule has 4 atom stereocenters. The van der Waals surface area contributed by atoms with Crippen molar-refractivity contribution in [1.82, 2.24) is 20.0 Å². The monoisotopic (exact) mass is 572 g/mol. The number of carbonyl (C=O) groups is 2. The number of amides is 2. The maximum absolute atomic E-state index is 13.3. The van der Waals surface area contributed by atoms with Gasteiger partial charge in [-0.3, -0.25) is 19.8 Å². The van der Waals surface area contributed by atoms with Gasteiger partial charge >= 0.3 is 6.61 Å². The van der Waals surface area contributed by atoms with Gasteiger partial charge in [-0.2, -0.15) is 8.78 Å². The van der Waals surface area contributed by atoms with Gasteiger partial charge in [-0.15, -0.1) is 0 Å². The first-order chi connectivity index (χ1) is 19.6. The third kappa shape index (κ3) is 5.94. The van der Waals surface area contributed by atoms with Gasteiger partial charge in [0.05, 0.1) is 12.6 Å². The van der Waals surface area contributed by atoms with Crippen molar-refractivity contribution in [2.75, 3.05) is 53.9 Å². The second kappa shape index (κ2) is 12.0. The van der Waals surface area contributed by atoms with Crippen LogP contribution in [0.1, 0.15) is 52.2 Å². The highest BCUT2D eigenvalue weighted by Gasteiger charge is 2.48. The molecule has 1 aliphatic carbocycles. The molecule has 2 heterocycles. The van der Waals surface area contributed by atoms with E-state index in [1.807, 2.05) is 12.1 Å². The number of aliphatic hydroxyl groups excluding tert-OH is 1. The highest BCUT2D eigenvalue weighted by molar-refractivity contribution is 5.94. The lowest BCUT2D eigenvalue weighted by Gasteiger charge is -2.49. The van der Waals surface area contributed by atoms with Gasteiger partial charge in [0.15, 0.2) is 5.72 Å². The third-order valence-corrected chi connectivity index (χ3v) is 8.60. The van der Waals surface area contributed by atoms with E-state index in [1.54, 1.807) is 55.3 Å². The molecule has 5 rings (SSSR count). The van der Waals surface area contributed by atoms with Crippen LogP contribution >= 0.6 is 0 Å². The quantitative estimate of drug-likeness (QED) is 0.527. The predicted octanol–water partition coefficient (Wildman–Crippen LogP) is 2.58. The normalized spacial score (nSPS) is 26.3. The Labute approximate surface area is 239 Å². The Hall–Kier alpha value is -3.12. The number of halogens is 2. The zero-order valence-corrected chi connectivity index (χ0v) is 23.7. The molecule has 222 valence electrons. The standard InChI is InChI=1S/C30H38F2N4O5/c1-34(2)27(38)18-35-12-14-36(15-13-35)28(39)19-4-6-20(7-5-19)30(40-3)25-10-9-22(41-29(31)32)17-23(25)24-16-21(37)8-11-26(24)33-30/h4-7,9-10,17,21,24,26,29,33,37H,8,11-16,18H2,1-3H3. The number of aliphatic hydroxyl groups is 1. The summed E-state index contributed by atoms with van der Waals surface area (Å²) in [6.07, 6.45) is 1.35. The van der Waals surface area contributed by atoms with E-state index in [4.69, 9.17) is 9.47 Å². The fourth-order valence-electron chi connectivity index (χ4n) is 6.35. The first-order valence-electron chi connectivity index (χ1n) is 14.0. The first kappa shape index (κ1) is 29.4. The number of nitrogens with zero attached hydrogens (tertiary/aromatic N) is 3. The molecular formula is C30H38F2N4O5. The number of hydrogen-bond acceptors (Lipinski definition) is 7. The number of alkyl halides is 2. The summed E-state index contributed by atoms with van der Waals surface area (Å²) in [6, 6.07) is 12.1. The number of piperazine rings is 1. The number of rotatable bonds is 7. The molecule has 1 saturated heterocycles. The molecule has 41 heavy (non-hydrogen) atoms. The molecule has 0 radical (unpaired) electrons. The summed E-state index contributed by atoms with van der Waals surface area (Å²) in [5.41, 5.74) is 1.82. The van der Waals surface area contributed by atoms with Crippen LogP contribution in [0, 0.1) is 0 Å². The Balaban J connectivity index is 1.38. The van der Waals surface area contributed by atoms with Crippen LogP contribution in [0.25, 0.3) is 0 Å². The van der Waals surface area contributed by atoms with Crippen molar-refractivity contribution < 1.29 is 33.0 Å². The number of carbonyl (C=O) groups excluding carboxylic acids is 2. The molecule has 11 heteroatoms. The Morgan fingerprint density at radius 3 is 2.44 bits per heavy atom. The number of nitrogens with one attached hydrogen (secondary N) is 1. The zero-order valence-electron chi connectivity index (χ0n) is 23.7. The van der Waals surface area contributed by atoms with Gasteiger partial charge in [-0.25, -0.2) is 0 Å². The van der Waals surface area contributed by atoms with Crippen LogP contribution in [0.15, 0.2) is 42.5 Å². The van der Waals surface area contributed by atoms with E-state index in [9.17, 15) is 23.5 Å². The fraction of sp³-hybridized carbons (Fsp3) is 0.533. The van der Waals surface area contributed by atoms with Crippen molar-refractivity contribution in [3.05, 3.63) is 64.7 Å². The van der Waals surface area contributed by atoms with Gasteiger partial charge < -0.3 is 24.4 Å². The highest BCUT2D eigenvalue weighted by Crippen LogP contribution is 2.47. The average molecular weight is 573 g/mol. The molecule has 1 saturated carbocycles. The average Bonchev–Trinajstić information content (AvgIpc) is 2.96. The van der Waals surface area contributed by atoms with Crippen LogP contribution in [0.4, 0.5) is 8.78 Å². The lowest BCUT2D eigenvalue weighted by atomic mass is 9.71. The Bertz CT molecular complexity index is 1250. The minimum atomic E-state index is -2.94. The topological polar surface area (TPSA) is 94.6 Å². The van der Waals surface area contributed by atoms with Gasteiger partial charge in [-0.1, -0.05) is 18.2 Å². The SMILES string of the molecule is COC1(c2ccc(C(=O)N3CCN(CC(=O)N(C)C)CC3)cc2)NC2CCC(O)CC2c2cc(OC(F)F)ccc21. The summed E-state index contributed by atoms with van der Waals surface area (Å²) in [5.74, 6) is -0.0602. The molecule has 4 unspecified atom stereocenters. The molecule has 2 aromatic rings. The van der Waals surface area contributed by atoms with E-state index in [-0.39, 0.29) is 29.5 Å². The minimum absolute atomic E-state index is 0.0406. The van der Waals surface area contributed by atoms with Gasteiger partial charge in [-0.05, 0) is 49.1 Å². The molecule has 0 spiro atoms. The van der Waals surface area contributed by atoms with Crippen LogP contribution in [0.2, 0.25) is 0 Å². The van der Waals surface area contributed by atoms with E-state index in [0.29, 0.717) is 57.5 Å². The molecule has 0 bridgehead atoms. The van der Waals surface area contributed by atoms with Gasteiger partial charge in [0, 0.05) is 76.0 Å². The van der Waals surface area contributed by atoms with Crippen LogP contribution in [-0.2, 0) is 15.3 Å². The third-order valence-electron chi connectivity index (χ3n) is 8.60. The summed E-state index contributed by atoms with van der Waals surface area (Å²) >= 11 is 0. The summed E-state index contributed by atoms with van der Waals surface area (Å²) in [7, 11) is 5.06. The van der Waals surface area contributed by atoms with Crippen LogP contribution in [-0.4, -0.2) is 104 Å². The smallest absolute Gasteiger partial charge is 0.387 e. The Morgan fingerprint density at radius 2 is 1.80 bits per heavy atom. The van der Waals surface area contributed by atoms with Crippen molar-refractivity contribution in [3.63, 3.8) is 0 Å². The van der Waals surface area contributed by atoms with Gasteiger partial charge in [0.2, 0.25) is 5.91 Å². The summed E-state index contributed by atoms with van der Waals surface area (Å²) in [6.45, 7) is -0.264. The minimum Gasteiger partial charge on any atom is -0.435 e. The number of hydrogen-bond donors (Lipinski definition) is 2. The van der Waals surface area contributed by atoms with E-state index in [0.717, 1.165) is 16.7 Å². The lowest BCUT2D eigenvalue weighted by Crippen LogP contribution is -2.57. The maximum Gasteiger partial charge on any atom is 0.387 e. The summed E-state index contributed by atoms with van der Waals surface area (Å²) in [4.78, 5) is 30.8. The van der Waals surface area contributed by atoms with E-state index >= 15 is 0 Å². The Kier molecular flexibility index (Phi) is 8.60. The molecule has 2 N–H and O–H groups in total. The summed E-state index contributed by atoms with van der Waals surface area (Å²) in [5, 5.41) is 14.0. The molecule has 2 amide bonds. The maximum atomic E-state index is 13.3. The van der Waals surface area contributed by atoms with E-state index in [1.165, 1.54) is 6.07 Å². The van der Waals surface area contributed by atoms with Crippen molar-refractivity contribution in [3.8, 4) is 5.75 Å². The molecule has 0 aromatic heterocycles. The van der Waals surface area contributed by atoms with E-state index < -0.39 is 18.4 Å². The van der Waals surface area contributed by atoms with Crippen molar-refractivity contribution in [1.29, 1.82) is 0 Å². The number of likely N-dealkylation sites (N-methyl/N-ethyl adjacent to an activating group) is 1. The number of ether oxygens (including phenoxy) is 2. The van der Waals surface area contributed by atoms with Gasteiger partial charge in [0.1, 0.15) is 5.75 Å². The predicted molar refractivity (Wildman–Crippen MR) is 148 cm³/mol. The number of benzene rings is 2. The number of fused-ring (bicyclic) bond motifs is 3. The first-order valence-corrected chi connectivity index (χ1v) is 14.0. The fourth-order valence-corrected chi connectivity index (χ4v) is 6.35. The Morgan fingerprint density at radius 1 is 1.10 bits per heavy atom. The largest absolute Gasteiger partial charge is 0.435 e. The second-order valence-corrected chi connectivity index (χ2v) is 11.3. The molecule has 2 aromatic carbocycles. The lowest BCUT2D eigenvalue weighted by molar-refractivity contribution is -0.130. The summed E-state index contributed by atoms with van der Waals surface area (Å²) < 4.78 is 36.9. The highest BCUT2D eigenvalue weighted by atomic mass is 19.3. The molecule has 2 fully saturated rings. The molecule has 9 nitrogen and oxygen atoms in total. The van der Waals surface area contributed by atoms with Gasteiger partial charge in [0.25, 0.3) is 5.91 Å². The van der Waals surface area contributed by atoms with Crippen LogP contribution in [0.3, 0.4) is 0 Å². The molecular weight excluding hydrogens is 534 g/mol. The number of methoxy groups -OCH3 is 1. The van der Waals surface area contributed by atoms with Crippen molar-refractivity contribution in [2.24, 2.45) is 0 Å². The second-order valence-electron chi connectivity index (χ2n) is 11.3. The molecule has 3 aliphatic rings. The van der Waals surface area contributed by atoms with Crippen molar-refractivity contribution in [2.45, 2.75) is 49.7 Å². The van der Waals surface area contributed by atoms with Crippen LogP contribution < -0.4 is 10.1 Å². The zero-order chi connectivity index (χ0) is 29.3. The van der Waals surface area contributed by atoms with Crippen LogP contribution in [0.5, 0.6) is 5.75 Å². The van der Waals surface area contributed by atoms with Crippen molar-refractivity contribution >= 4 is 11.8 Å².